The highest BCUT2D eigenvalue weighted by molar-refractivity contribution is 5.82. The van der Waals surface area contributed by atoms with Crippen molar-refractivity contribution in [2.24, 2.45) is 5.92 Å². The normalized spacial score (nSPS) is 18.4. The average Bonchev–Trinajstić information content (AvgIpc) is 3.39. The summed E-state index contributed by atoms with van der Waals surface area (Å²) >= 11 is 0. The second kappa shape index (κ2) is 9.55. The number of halogens is 2. The van der Waals surface area contributed by atoms with Gasteiger partial charge in [-0.05, 0) is 57.7 Å². The molecule has 184 valence electrons. The van der Waals surface area contributed by atoms with Gasteiger partial charge in [0, 0.05) is 17.8 Å². The monoisotopic (exact) mass is 483 g/mol. The van der Waals surface area contributed by atoms with Gasteiger partial charge in [-0.2, -0.15) is 0 Å². The molecule has 4 aromatic rings. The lowest BCUT2D eigenvalue weighted by Crippen LogP contribution is -2.31. The zero-order chi connectivity index (χ0) is 24.5. The van der Waals surface area contributed by atoms with Crippen molar-refractivity contribution in [1.29, 1.82) is 0 Å². The molecule has 4 aromatic heterocycles. The van der Waals surface area contributed by atoms with Crippen LogP contribution >= 0.6 is 0 Å². The smallest absolute Gasteiger partial charge is 0.308 e. The summed E-state index contributed by atoms with van der Waals surface area (Å²) in [6, 6.07) is 5.69. The van der Waals surface area contributed by atoms with Crippen LogP contribution in [0.15, 0.2) is 30.6 Å². The van der Waals surface area contributed by atoms with Crippen molar-refractivity contribution >= 4 is 28.6 Å². The van der Waals surface area contributed by atoms with Gasteiger partial charge >= 0.3 is 5.97 Å². The number of nitrogens with zero attached hydrogens (tertiary/aromatic N) is 6. The van der Waals surface area contributed by atoms with E-state index in [1.165, 1.54) is 4.57 Å². The minimum atomic E-state index is -2.49. The predicted molar refractivity (Wildman–Crippen MR) is 126 cm³/mol. The Morgan fingerprint density at radius 2 is 2.00 bits per heavy atom. The number of hydrogen-bond acceptors (Lipinski definition) is 7. The molecule has 0 amide bonds. The van der Waals surface area contributed by atoms with E-state index in [0.717, 1.165) is 36.8 Å². The van der Waals surface area contributed by atoms with Crippen LogP contribution in [0, 0.1) is 12.8 Å². The van der Waals surface area contributed by atoms with E-state index in [1.807, 2.05) is 25.3 Å². The van der Waals surface area contributed by atoms with Crippen molar-refractivity contribution in [3.63, 3.8) is 0 Å². The molecular formula is C24H27F2N7O2. The Morgan fingerprint density at radius 1 is 1.20 bits per heavy atom. The van der Waals surface area contributed by atoms with E-state index in [1.54, 1.807) is 23.7 Å². The number of imidazole rings is 1. The average molecular weight is 484 g/mol. The Labute approximate surface area is 200 Å². The molecule has 0 saturated heterocycles. The maximum Gasteiger partial charge on any atom is 0.308 e. The minimum Gasteiger partial charge on any atom is -0.466 e. The topological polar surface area (TPSA) is 99.2 Å². The third-order valence-electron chi connectivity index (χ3n) is 6.48. The largest absolute Gasteiger partial charge is 0.466 e. The SMILES string of the molecule is CCOC(=O)C1CCC(Nc2ncc3c(-c4ccc5nc(C)n(CC(F)F)c5n4)ccn3n2)CC1. The molecule has 1 aliphatic rings. The van der Waals surface area contributed by atoms with E-state index in [9.17, 15) is 13.6 Å². The van der Waals surface area contributed by atoms with Crippen LogP contribution in [0.1, 0.15) is 38.4 Å². The van der Waals surface area contributed by atoms with Gasteiger partial charge in [-0.15, -0.1) is 5.10 Å². The van der Waals surface area contributed by atoms with Crippen molar-refractivity contribution in [3.05, 3.63) is 36.4 Å². The van der Waals surface area contributed by atoms with Crippen molar-refractivity contribution in [3.8, 4) is 11.3 Å². The molecule has 5 rings (SSSR count). The third kappa shape index (κ3) is 4.67. The second-order valence-corrected chi connectivity index (χ2v) is 8.79. The summed E-state index contributed by atoms with van der Waals surface area (Å²) in [6.07, 6.45) is 4.30. The molecule has 4 heterocycles. The molecule has 0 unspecified atom stereocenters. The molecule has 1 N–H and O–H groups in total. The quantitative estimate of drug-likeness (QED) is 0.392. The number of esters is 1. The molecule has 0 spiro atoms. The van der Waals surface area contributed by atoms with E-state index < -0.39 is 13.0 Å². The lowest BCUT2D eigenvalue weighted by molar-refractivity contribution is -0.149. The zero-order valence-electron chi connectivity index (χ0n) is 19.6. The van der Waals surface area contributed by atoms with Crippen molar-refractivity contribution in [2.75, 3.05) is 11.9 Å². The number of anilines is 1. The highest BCUT2D eigenvalue weighted by Crippen LogP contribution is 2.29. The Bertz CT molecular complexity index is 1360. The number of carbonyl (C=O) groups excluding carboxylic acids is 1. The lowest BCUT2D eigenvalue weighted by atomic mass is 9.86. The molecule has 35 heavy (non-hydrogen) atoms. The van der Waals surface area contributed by atoms with Crippen LogP contribution in [0.2, 0.25) is 0 Å². The number of pyridine rings is 1. The predicted octanol–water partition coefficient (Wildman–Crippen LogP) is 4.25. The Balaban J connectivity index is 1.34. The van der Waals surface area contributed by atoms with Gasteiger partial charge in [0.25, 0.3) is 6.43 Å². The molecule has 9 nitrogen and oxygen atoms in total. The highest BCUT2D eigenvalue weighted by Gasteiger charge is 2.27. The lowest BCUT2D eigenvalue weighted by Gasteiger charge is -2.27. The number of ether oxygens (including phenoxy) is 1. The van der Waals surface area contributed by atoms with Crippen LogP contribution in [0.3, 0.4) is 0 Å². The van der Waals surface area contributed by atoms with Crippen LogP contribution in [0.4, 0.5) is 14.7 Å². The summed E-state index contributed by atoms with van der Waals surface area (Å²) in [7, 11) is 0. The molecule has 0 bridgehead atoms. The van der Waals surface area contributed by atoms with Gasteiger partial charge in [0.15, 0.2) is 5.65 Å². The number of hydrogen-bond donors (Lipinski definition) is 1. The Kier molecular flexibility index (Phi) is 6.31. The van der Waals surface area contributed by atoms with Crippen molar-refractivity contribution < 1.29 is 18.3 Å². The molecule has 1 saturated carbocycles. The Hall–Kier alpha value is -3.63. The first-order valence-corrected chi connectivity index (χ1v) is 11.8. The maximum atomic E-state index is 13.1. The van der Waals surface area contributed by atoms with Crippen molar-refractivity contribution in [1.82, 2.24) is 29.1 Å². The molecule has 0 atom stereocenters. The molecule has 1 aliphatic carbocycles. The number of aromatic nitrogens is 6. The van der Waals surface area contributed by atoms with E-state index >= 15 is 0 Å². The van der Waals surface area contributed by atoms with Crippen molar-refractivity contribution in [2.45, 2.75) is 58.5 Å². The van der Waals surface area contributed by atoms with Gasteiger partial charge in [-0.25, -0.2) is 28.2 Å². The van der Waals surface area contributed by atoms with Crippen LogP contribution in [0.5, 0.6) is 0 Å². The van der Waals surface area contributed by atoms with Gasteiger partial charge < -0.3 is 14.6 Å². The van der Waals surface area contributed by atoms with Gasteiger partial charge in [-0.3, -0.25) is 4.79 Å². The number of nitrogens with one attached hydrogen (secondary N) is 1. The standard InChI is InChI=1S/C24H27F2N7O2/c1-3-35-23(34)15-4-6-16(7-5-15)29-24-27-12-20-17(10-11-33(20)31-24)18-8-9-19-22(30-18)32(13-21(25)26)14(2)28-19/h8-12,15-16,21H,3-7,13H2,1-2H3,(H,29,31). The zero-order valence-corrected chi connectivity index (χ0v) is 19.6. The number of carbonyl (C=O) groups is 1. The summed E-state index contributed by atoms with van der Waals surface area (Å²) in [5, 5.41) is 7.95. The number of alkyl halides is 2. The summed E-state index contributed by atoms with van der Waals surface area (Å²) in [5.41, 5.74) is 3.20. The summed E-state index contributed by atoms with van der Waals surface area (Å²) in [4.78, 5) is 25.4. The highest BCUT2D eigenvalue weighted by atomic mass is 19.3. The first kappa shape index (κ1) is 23.1. The Morgan fingerprint density at radius 3 is 2.74 bits per heavy atom. The fourth-order valence-corrected chi connectivity index (χ4v) is 4.72. The first-order valence-electron chi connectivity index (χ1n) is 11.8. The first-order chi connectivity index (χ1) is 16.9. The molecule has 0 aromatic carbocycles. The summed E-state index contributed by atoms with van der Waals surface area (Å²) < 4.78 is 34.4. The number of rotatable bonds is 7. The van der Waals surface area contributed by atoms with Crippen LogP contribution in [-0.2, 0) is 16.1 Å². The molecule has 0 radical (unpaired) electrons. The number of aryl methyl sites for hydroxylation is 1. The molecule has 0 aliphatic heterocycles. The fourth-order valence-electron chi connectivity index (χ4n) is 4.72. The van der Waals surface area contributed by atoms with Crippen LogP contribution in [-0.4, -0.2) is 54.2 Å². The van der Waals surface area contributed by atoms with Gasteiger partial charge in [-0.1, -0.05) is 0 Å². The van der Waals surface area contributed by atoms with E-state index in [4.69, 9.17) is 4.74 Å². The van der Waals surface area contributed by atoms with Crippen LogP contribution < -0.4 is 5.32 Å². The van der Waals surface area contributed by atoms with Crippen LogP contribution in [0.25, 0.3) is 27.9 Å². The second-order valence-electron chi connectivity index (χ2n) is 8.79. The minimum absolute atomic E-state index is 0.0333. The van der Waals surface area contributed by atoms with Gasteiger partial charge in [0.2, 0.25) is 5.95 Å². The molecule has 1 fully saturated rings. The van der Waals surface area contributed by atoms with Gasteiger partial charge in [0.1, 0.15) is 11.3 Å². The fraction of sp³-hybridized carbons (Fsp3) is 0.458. The van der Waals surface area contributed by atoms with E-state index in [0.29, 0.717) is 35.2 Å². The molecule has 11 heteroatoms. The van der Waals surface area contributed by atoms with Gasteiger partial charge in [0.05, 0.1) is 36.5 Å². The molecular weight excluding hydrogens is 456 g/mol. The summed E-state index contributed by atoms with van der Waals surface area (Å²) in [6.45, 7) is 3.48. The van der Waals surface area contributed by atoms with E-state index in [-0.39, 0.29) is 17.9 Å². The summed E-state index contributed by atoms with van der Waals surface area (Å²) in [5.74, 6) is 0.868. The third-order valence-corrected chi connectivity index (χ3v) is 6.48. The number of fused-ring (bicyclic) bond motifs is 2. The van der Waals surface area contributed by atoms with E-state index in [2.05, 4.69) is 25.4 Å². The maximum absolute atomic E-state index is 13.1.